The minimum atomic E-state index is -0.238. The largest absolute Gasteiger partial charge is 0.378 e. The number of para-hydroxylation sites is 1. The van der Waals surface area contributed by atoms with E-state index in [1.807, 2.05) is 48.5 Å². The quantitative estimate of drug-likeness (QED) is 0.311. The molecule has 6 rings (SSSR count). The van der Waals surface area contributed by atoms with Gasteiger partial charge in [-0.1, -0.05) is 35.9 Å². The van der Waals surface area contributed by atoms with E-state index in [0.29, 0.717) is 17.3 Å². The van der Waals surface area contributed by atoms with Crippen LogP contribution in [0.2, 0.25) is 5.02 Å². The van der Waals surface area contributed by atoms with Gasteiger partial charge in [0.15, 0.2) is 0 Å². The number of benzene rings is 2. The van der Waals surface area contributed by atoms with Crippen molar-refractivity contribution in [2.45, 2.75) is 38.3 Å². The summed E-state index contributed by atoms with van der Waals surface area (Å²) in [4.78, 5) is 19.6. The third kappa shape index (κ3) is 3.98. The number of nitrogens with one attached hydrogen (secondary N) is 1. The molecular weight excluding hydrogens is 488 g/mol. The SMILES string of the molecule is CN(C)c1ccc([C@H]2c3cccn3-c3sc4c(c3CN2C(=O)Nc2ccccc2Cl)CCCC4)cc1. The number of rotatable bonds is 3. The molecule has 1 aliphatic heterocycles. The number of halogens is 1. The smallest absolute Gasteiger partial charge is 0.323 e. The topological polar surface area (TPSA) is 40.5 Å². The van der Waals surface area contributed by atoms with Crippen molar-refractivity contribution in [2.75, 3.05) is 24.3 Å². The van der Waals surface area contributed by atoms with E-state index in [9.17, 15) is 4.79 Å². The van der Waals surface area contributed by atoms with Crippen LogP contribution >= 0.6 is 22.9 Å². The lowest BCUT2D eigenvalue weighted by atomic mass is 9.95. The van der Waals surface area contributed by atoms with Gasteiger partial charge in [-0.05, 0) is 73.2 Å². The number of hydrogen-bond acceptors (Lipinski definition) is 3. The molecule has 0 spiro atoms. The normalized spacial score (nSPS) is 16.5. The summed E-state index contributed by atoms with van der Waals surface area (Å²) in [7, 11) is 4.08. The molecule has 0 bridgehead atoms. The monoisotopic (exact) mass is 516 g/mol. The molecule has 1 aliphatic carbocycles. The van der Waals surface area contributed by atoms with Crippen LogP contribution in [0.5, 0.6) is 0 Å². The number of aromatic nitrogens is 1. The number of carbonyl (C=O) groups excluding carboxylic acids is 1. The minimum absolute atomic E-state index is 0.152. The molecule has 2 aromatic carbocycles. The van der Waals surface area contributed by atoms with Crippen molar-refractivity contribution in [3.05, 3.63) is 99.1 Å². The molecule has 2 amide bonds. The van der Waals surface area contributed by atoms with Gasteiger partial charge in [-0.15, -0.1) is 11.3 Å². The number of hydrogen-bond donors (Lipinski definition) is 1. The molecule has 2 aromatic heterocycles. The molecule has 184 valence electrons. The van der Waals surface area contributed by atoms with Gasteiger partial charge in [-0.25, -0.2) is 4.79 Å². The molecule has 0 fully saturated rings. The third-order valence-electron chi connectivity index (χ3n) is 7.28. The molecule has 7 heteroatoms. The number of carbonyl (C=O) groups is 1. The number of fused-ring (bicyclic) bond motifs is 5. The highest BCUT2D eigenvalue weighted by Crippen LogP contribution is 2.44. The van der Waals surface area contributed by atoms with Crippen LogP contribution in [0.15, 0.2) is 66.9 Å². The third-order valence-corrected chi connectivity index (χ3v) is 8.94. The summed E-state index contributed by atoms with van der Waals surface area (Å²) in [6.07, 6.45) is 6.80. The molecule has 0 saturated carbocycles. The van der Waals surface area contributed by atoms with E-state index in [4.69, 9.17) is 11.6 Å². The average molecular weight is 517 g/mol. The lowest BCUT2D eigenvalue weighted by Gasteiger charge is -2.32. The first-order valence-corrected chi connectivity index (χ1v) is 13.6. The van der Waals surface area contributed by atoms with Crippen molar-refractivity contribution < 1.29 is 4.79 Å². The van der Waals surface area contributed by atoms with Gasteiger partial charge in [0.1, 0.15) is 5.00 Å². The molecule has 5 nitrogen and oxygen atoms in total. The Hall–Kier alpha value is -3.22. The number of thiophene rings is 1. The van der Waals surface area contributed by atoms with Crippen LogP contribution in [0.4, 0.5) is 16.2 Å². The molecule has 0 saturated heterocycles. The van der Waals surface area contributed by atoms with Gasteiger partial charge in [0.25, 0.3) is 0 Å². The molecule has 0 radical (unpaired) electrons. The van der Waals surface area contributed by atoms with Crippen LogP contribution in [-0.4, -0.2) is 29.6 Å². The van der Waals surface area contributed by atoms with Crippen LogP contribution in [0.25, 0.3) is 5.00 Å². The van der Waals surface area contributed by atoms with Gasteiger partial charge >= 0.3 is 6.03 Å². The summed E-state index contributed by atoms with van der Waals surface area (Å²) in [5.41, 5.74) is 6.66. The second kappa shape index (κ2) is 9.34. The van der Waals surface area contributed by atoms with Gasteiger partial charge in [0, 0.05) is 36.4 Å². The molecule has 3 heterocycles. The van der Waals surface area contributed by atoms with E-state index >= 15 is 0 Å². The highest BCUT2D eigenvalue weighted by molar-refractivity contribution is 7.15. The summed E-state index contributed by atoms with van der Waals surface area (Å²) in [6, 6.07) is 19.8. The molecule has 36 heavy (non-hydrogen) atoms. The summed E-state index contributed by atoms with van der Waals surface area (Å²) in [5.74, 6) is 0. The van der Waals surface area contributed by atoms with Crippen molar-refractivity contribution in [1.82, 2.24) is 9.47 Å². The first-order valence-electron chi connectivity index (χ1n) is 12.4. The predicted octanol–water partition coefficient (Wildman–Crippen LogP) is 7.27. The molecular formula is C29H29ClN4OS. The Kier molecular flexibility index (Phi) is 6.02. The summed E-state index contributed by atoms with van der Waals surface area (Å²) < 4.78 is 2.31. The van der Waals surface area contributed by atoms with Crippen LogP contribution in [0.3, 0.4) is 0 Å². The van der Waals surface area contributed by atoms with Crippen LogP contribution in [-0.2, 0) is 19.4 Å². The van der Waals surface area contributed by atoms with Gasteiger partial charge in [0.05, 0.1) is 29.0 Å². The van der Waals surface area contributed by atoms with Gasteiger partial charge < -0.3 is 19.7 Å². The zero-order valence-electron chi connectivity index (χ0n) is 20.5. The van der Waals surface area contributed by atoms with Crippen molar-refractivity contribution >= 4 is 40.3 Å². The standard InChI is InChI=1S/C29H29ClN4OS/c1-32(2)20-15-13-19(14-16-20)27-25-11-7-17-33(25)28-22(21-8-3-6-12-26(21)36-28)18-34(27)29(35)31-24-10-5-4-9-23(24)30/h4-5,7,9-11,13-17,27H,3,6,8,12,18H2,1-2H3,(H,31,35)/t27-/m0/s1. The van der Waals surface area contributed by atoms with E-state index in [2.05, 4.69) is 57.4 Å². The molecule has 4 aromatic rings. The predicted molar refractivity (Wildman–Crippen MR) is 149 cm³/mol. The fraction of sp³-hybridized carbons (Fsp3) is 0.276. The van der Waals surface area contributed by atoms with E-state index in [0.717, 1.165) is 29.8 Å². The maximum absolute atomic E-state index is 14.0. The average Bonchev–Trinajstić information content (AvgIpc) is 3.47. The van der Waals surface area contributed by atoms with Gasteiger partial charge in [-0.3, -0.25) is 0 Å². The van der Waals surface area contributed by atoms with Crippen molar-refractivity contribution in [1.29, 1.82) is 0 Å². The molecule has 2 aliphatic rings. The first kappa shape index (κ1) is 23.2. The lowest BCUT2D eigenvalue weighted by Crippen LogP contribution is -2.38. The zero-order chi connectivity index (χ0) is 24.8. The Morgan fingerprint density at radius 1 is 1.00 bits per heavy atom. The van der Waals surface area contributed by atoms with E-state index < -0.39 is 0 Å². The highest BCUT2D eigenvalue weighted by Gasteiger charge is 2.36. The number of urea groups is 1. The Morgan fingerprint density at radius 3 is 2.56 bits per heavy atom. The van der Waals surface area contributed by atoms with Crippen LogP contribution in [0.1, 0.15) is 46.1 Å². The van der Waals surface area contributed by atoms with Crippen molar-refractivity contribution in [3.63, 3.8) is 0 Å². The molecule has 1 atom stereocenters. The fourth-order valence-corrected chi connectivity index (χ4v) is 7.03. The van der Waals surface area contributed by atoms with E-state index in [1.165, 1.54) is 33.8 Å². The second-order valence-corrected chi connectivity index (χ2v) is 11.2. The van der Waals surface area contributed by atoms with Crippen molar-refractivity contribution in [2.24, 2.45) is 0 Å². The summed E-state index contributed by atoms with van der Waals surface area (Å²) in [6.45, 7) is 0.555. The molecule has 1 N–H and O–H groups in total. The second-order valence-electron chi connectivity index (χ2n) is 9.72. The first-order chi connectivity index (χ1) is 17.5. The Balaban J connectivity index is 1.49. The molecule has 0 unspecified atom stereocenters. The minimum Gasteiger partial charge on any atom is -0.378 e. The maximum Gasteiger partial charge on any atom is 0.323 e. The Morgan fingerprint density at radius 2 is 1.78 bits per heavy atom. The fourth-order valence-electron chi connectivity index (χ4n) is 5.44. The van der Waals surface area contributed by atoms with Crippen molar-refractivity contribution in [3.8, 4) is 5.00 Å². The van der Waals surface area contributed by atoms with E-state index in [1.54, 1.807) is 6.07 Å². The highest BCUT2D eigenvalue weighted by atomic mass is 35.5. The zero-order valence-corrected chi connectivity index (χ0v) is 22.1. The maximum atomic E-state index is 14.0. The van der Waals surface area contributed by atoms with E-state index in [-0.39, 0.29) is 12.1 Å². The van der Waals surface area contributed by atoms with Crippen LogP contribution in [0, 0.1) is 0 Å². The van der Waals surface area contributed by atoms with Crippen LogP contribution < -0.4 is 10.2 Å². The summed E-state index contributed by atoms with van der Waals surface area (Å²) in [5, 5.41) is 4.89. The van der Waals surface area contributed by atoms with Gasteiger partial charge in [-0.2, -0.15) is 0 Å². The summed E-state index contributed by atoms with van der Waals surface area (Å²) >= 11 is 8.32. The number of amides is 2. The number of anilines is 2. The Labute approximate surface area is 220 Å². The van der Waals surface area contributed by atoms with Gasteiger partial charge in [0.2, 0.25) is 0 Å². The number of nitrogens with zero attached hydrogens (tertiary/aromatic N) is 3. The number of aryl methyl sites for hydroxylation is 1. The lowest BCUT2D eigenvalue weighted by molar-refractivity contribution is 0.194. The Bertz CT molecular complexity index is 1420.